The fourth-order valence-electron chi connectivity index (χ4n) is 1.86. The van der Waals surface area contributed by atoms with Crippen molar-refractivity contribution in [2.24, 2.45) is 0 Å². The van der Waals surface area contributed by atoms with Crippen molar-refractivity contribution in [2.75, 3.05) is 6.61 Å². The Morgan fingerprint density at radius 3 is 2.55 bits per heavy atom. The molecule has 0 bridgehead atoms. The maximum Gasteiger partial charge on any atom is 0.130 e. The summed E-state index contributed by atoms with van der Waals surface area (Å²) in [6.07, 6.45) is 1.01. The molecule has 1 N–H and O–H groups in total. The summed E-state index contributed by atoms with van der Waals surface area (Å²) in [7, 11) is 0. The number of hydrogen-bond acceptors (Lipinski definition) is 3. The molecule has 2 aromatic rings. The molecule has 0 radical (unpaired) electrons. The molecule has 0 atom stereocenters. The van der Waals surface area contributed by atoms with Crippen LogP contribution in [0.15, 0.2) is 30.3 Å². The van der Waals surface area contributed by atoms with E-state index in [-0.39, 0.29) is 0 Å². The smallest absolute Gasteiger partial charge is 0.130 e. The van der Waals surface area contributed by atoms with Crippen LogP contribution in [-0.4, -0.2) is 16.6 Å². The van der Waals surface area contributed by atoms with Crippen molar-refractivity contribution in [3.8, 4) is 17.0 Å². The van der Waals surface area contributed by atoms with Crippen molar-refractivity contribution in [3.05, 3.63) is 40.8 Å². The van der Waals surface area contributed by atoms with E-state index < -0.39 is 0 Å². The van der Waals surface area contributed by atoms with Gasteiger partial charge in [-0.25, -0.2) is 4.98 Å². The predicted octanol–water partition coefficient (Wildman–Crippen LogP) is 4.72. The third-order valence-electron chi connectivity index (χ3n) is 2.95. The largest absolute Gasteiger partial charge is 0.494 e. The van der Waals surface area contributed by atoms with Gasteiger partial charge in [-0.2, -0.15) is 0 Å². The molecule has 1 aromatic heterocycles. The number of nitrogens with zero attached hydrogens (tertiary/aromatic N) is 1. The number of nitrogens with one attached hydrogen (secondary N) is 1. The van der Waals surface area contributed by atoms with Crippen LogP contribution >= 0.6 is 12.2 Å². The van der Waals surface area contributed by atoms with E-state index in [0.29, 0.717) is 10.6 Å². The molecular formula is C16H20N2OS. The Kier molecular flexibility index (Phi) is 4.90. The van der Waals surface area contributed by atoms with Gasteiger partial charge in [-0.15, -0.1) is 0 Å². The van der Waals surface area contributed by atoms with Gasteiger partial charge in [0.1, 0.15) is 16.2 Å². The van der Waals surface area contributed by atoms with Gasteiger partial charge in [0.25, 0.3) is 0 Å². The lowest BCUT2D eigenvalue weighted by Gasteiger charge is -2.09. The topological polar surface area (TPSA) is 37.9 Å². The molecule has 106 valence electrons. The zero-order chi connectivity index (χ0) is 14.5. The first-order valence-corrected chi connectivity index (χ1v) is 7.35. The zero-order valence-electron chi connectivity index (χ0n) is 12.1. The molecule has 3 nitrogen and oxygen atoms in total. The van der Waals surface area contributed by atoms with Crippen molar-refractivity contribution >= 4 is 12.2 Å². The molecule has 1 aromatic carbocycles. The van der Waals surface area contributed by atoms with Crippen LogP contribution in [0.25, 0.3) is 11.3 Å². The van der Waals surface area contributed by atoms with Gasteiger partial charge < -0.3 is 9.72 Å². The van der Waals surface area contributed by atoms with E-state index in [0.717, 1.165) is 35.9 Å². The molecule has 0 aliphatic rings. The van der Waals surface area contributed by atoms with Crippen LogP contribution in [0, 0.1) is 4.64 Å². The SMILES string of the molecule is CCCOc1ccc(-c2cc(=S)nc(C(C)C)[nH]2)cc1. The minimum absolute atomic E-state index is 0.323. The Bertz CT molecular complexity index is 617. The number of ether oxygens (including phenoxy) is 1. The van der Waals surface area contributed by atoms with Crippen molar-refractivity contribution in [1.29, 1.82) is 0 Å². The average Bonchev–Trinajstić information content (AvgIpc) is 2.45. The summed E-state index contributed by atoms with van der Waals surface area (Å²) in [5, 5.41) is 0. The summed E-state index contributed by atoms with van der Waals surface area (Å²) < 4.78 is 6.21. The van der Waals surface area contributed by atoms with Crippen molar-refractivity contribution < 1.29 is 4.74 Å². The Labute approximate surface area is 125 Å². The maximum atomic E-state index is 5.59. The monoisotopic (exact) mass is 288 g/mol. The summed E-state index contributed by atoms with van der Waals surface area (Å²) in [6.45, 7) is 7.03. The summed E-state index contributed by atoms with van der Waals surface area (Å²) in [4.78, 5) is 7.70. The molecule has 1 heterocycles. The highest BCUT2D eigenvalue weighted by Gasteiger charge is 2.05. The second-order valence-electron chi connectivity index (χ2n) is 5.05. The van der Waals surface area contributed by atoms with Gasteiger partial charge in [-0.05, 0) is 42.3 Å². The van der Waals surface area contributed by atoms with Crippen LogP contribution in [0.3, 0.4) is 0 Å². The van der Waals surface area contributed by atoms with E-state index in [9.17, 15) is 0 Å². The lowest BCUT2D eigenvalue weighted by molar-refractivity contribution is 0.317. The van der Waals surface area contributed by atoms with E-state index in [1.165, 1.54) is 0 Å². The Morgan fingerprint density at radius 2 is 1.95 bits per heavy atom. The highest BCUT2D eigenvalue weighted by molar-refractivity contribution is 7.71. The van der Waals surface area contributed by atoms with E-state index in [1.807, 2.05) is 30.3 Å². The average molecular weight is 288 g/mol. The van der Waals surface area contributed by atoms with Gasteiger partial charge in [0.05, 0.1) is 6.61 Å². The summed E-state index contributed by atoms with van der Waals surface area (Å²) in [5.41, 5.74) is 2.08. The van der Waals surface area contributed by atoms with Crippen LogP contribution in [0.2, 0.25) is 0 Å². The predicted molar refractivity (Wildman–Crippen MR) is 84.7 cm³/mol. The minimum atomic E-state index is 0.323. The van der Waals surface area contributed by atoms with Gasteiger partial charge in [-0.1, -0.05) is 33.0 Å². The molecule has 0 saturated heterocycles. The highest BCUT2D eigenvalue weighted by Crippen LogP contribution is 2.22. The molecule has 0 spiro atoms. The van der Waals surface area contributed by atoms with Crippen LogP contribution in [-0.2, 0) is 0 Å². The number of H-pyrrole nitrogens is 1. The van der Waals surface area contributed by atoms with Gasteiger partial charge in [0, 0.05) is 11.6 Å². The van der Waals surface area contributed by atoms with Crippen LogP contribution < -0.4 is 4.74 Å². The normalized spacial score (nSPS) is 10.8. The lowest BCUT2D eigenvalue weighted by atomic mass is 10.1. The third-order valence-corrected chi connectivity index (χ3v) is 3.16. The number of aromatic nitrogens is 2. The fourth-order valence-corrected chi connectivity index (χ4v) is 2.07. The Morgan fingerprint density at radius 1 is 1.25 bits per heavy atom. The second kappa shape index (κ2) is 6.66. The second-order valence-corrected chi connectivity index (χ2v) is 5.46. The highest BCUT2D eigenvalue weighted by atomic mass is 32.1. The van der Waals surface area contributed by atoms with E-state index in [2.05, 4.69) is 30.7 Å². The Hall–Kier alpha value is -1.68. The van der Waals surface area contributed by atoms with E-state index in [4.69, 9.17) is 17.0 Å². The number of benzene rings is 1. The Balaban J connectivity index is 2.29. The first kappa shape index (κ1) is 14.7. The van der Waals surface area contributed by atoms with Gasteiger partial charge >= 0.3 is 0 Å². The zero-order valence-corrected chi connectivity index (χ0v) is 13.0. The summed E-state index contributed by atoms with van der Waals surface area (Å²) >= 11 is 5.23. The molecule has 0 amide bonds. The number of rotatable bonds is 5. The summed E-state index contributed by atoms with van der Waals surface area (Å²) in [5.74, 6) is 2.13. The van der Waals surface area contributed by atoms with Gasteiger partial charge in [0.2, 0.25) is 0 Å². The molecule has 4 heteroatoms. The van der Waals surface area contributed by atoms with E-state index in [1.54, 1.807) is 0 Å². The van der Waals surface area contributed by atoms with Crippen LogP contribution in [0.5, 0.6) is 5.75 Å². The van der Waals surface area contributed by atoms with Crippen molar-refractivity contribution in [1.82, 2.24) is 9.97 Å². The molecule has 0 fully saturated rings. The molecule has 20 heavy (non-hydrogen) atoms. The lowest BCUT2D eigenvalue weighted by Crippen LogP contribution is -1.99. The quantitative estimate of drug-likeness (QED) is 0.809. The number of hydrogen-bond donors (Lipinski definition) is 1. The molecule has 0 unspecified atom stereocenters. The molecule has 0 aliphatic carbocycles. The third kappa shape index (κ3) is 3.67. The maximum absolute atomic E-state index is 5.59. The van der Waals surface area contributed by atoms with Crippen molar-refractivity contribution in [2.45, 2.75) is 33.1 Å². The van der Waals surface area contributed by atoms with Crippen LogP contribution in [0.4, 0.5) is 0 Å². The minimum Gasteiger partial charge on any atom is -0.494 e. The molecular weight excluding hydrogens is 268 g/mol. The van der Waals surface area contributed by atoms with Crippen LogP contribution in [0.1, 0.15) is 38.9 Å². The fraction of sp³-hybridized carbons (Fsp3) is 0.375. The number of aromatic amines is 1. The van der Waals surface area contributed by atoms with Crippen molar-refractivity contribution in [3.63, 3.8) is 0 Å². The molecule has 0 aliphatic heterocycles. The first-order valence-electron chi connectivity index (χ1n) is 6.94. The first-order chi connectivity index (χ1) is 9.60. The van der Waals surface area contributed by atoms with Gasteiger partial charge in [0.15, 0.2) is 0 Å². The molecule has 2 rings (SSSR count). The van der Waals surface area contributed by atoms with Gasteiger partial charge in [-0.3, -0.25) is 0 Å². The molecule has 0 saturated carbocycles. The van der Waals surface area contributed by atoms with E-state index >= 15 is 0 Å². The standard InChI is InChI=1S/C16H20N2OS/c1-4-9-19-13-7-5-12(6-8-13)14-10-15(20)18-16(17-14)11(2)3/h5-8,10-11H,4,9H2,1-3H3,(H,17,18,20). The summed E-state index contributed by atoms with van der Waals surface area (Å²) in [6, 6.07) is 9.93.